The third kappa shape index (κ3) is 4.35. The van der Waals surface area contributed by atoms with Crippen LogP contribution >= 0.6 is 0 Å². The van der Waals surface area contributed by atoms with Crippen molar-refractivity contribution in [2.75, 3.05) is 18.5 Å². The van der Waals surface area contributed by atoms with Crippen molar-refractivity contribution in [3.8, 4) is 0 Å². The lowest BCUT2D eigenvalue weighted by molar-refractivity contribution is 0.281. The molecular formula is C14H24N2O. The van der Waals surface area contributed by atoms with Gasteiger partial charge in [0.15, 0.2) is 0 Å². The van der Waals surface area contributed by atoms with Gasteiger partial charge in [0.25, 0.3) is 0 Å². The van der Waals surface area contributed by atoms with Gasteiger partial charge >= 0.3 is 0 Å². The van der Waals surface area contributed by atoms with Gasteiger partial charge in [0.05, 0.1) is 6.61 Å². The molecule has 3 heteroatoms. The highest BCUT2D eigenvalue weighted by Crippen LogP contribution is 2.16. The quantitative estimate of drug-likeness (QED) is 0.825. The second kappa shape index (κ2) is 6.60. The minimum Gasteiger partial charge on any atom is -0.392 e. The first-order chi connectivity index (χ1) is 8.06. The molecule has 1 aromatic heterocycles. The number of rotatable bonds is 6. The van der Waals surface area contributed by atoms with Crippen molar-refractivity contribution in [1.29, 1.82) is 0 Å². The number of anilines is 1. The Hall–Kier alpha value is -1.09. The predicted molar refractivity (Wildman–Crippen MR) is 72.3 cm³/mol. The molecule has 1 rings (SSSR count). The first kappa shape index (κ1) is 14.0. The summed E-state index contributed by atoms with van der Waals surface area (Å²) in [7, 11) is 2.06. The lowest BCUT2D eigenvalue weighted by Crippen LogP contribution is -2.21. The summed E-state index contributed by atoms with van der Waals surface area (Å²) in [5.41, 5.74) is 1.99. The topological polar surface area (TPSA) is 36.4 Å². The standard InChI is InChI=1S/C14H24N2O/c1-5-13-8-12(10-17)9-14(15-13)16(4)7-6-11(2)3/h8-9,11,17H,5-7,10H2,1-4H3. The Kier molecular flexibility index (Phi) is 5.42. The van der Waals surface area contributed by atoms with Gasteiger partial charge in [-0.1, -0.05) is 20.8 Å². The minimum absolute atomic E-state index is 0.0839. The Balaban J connectivity index is 2.80. The molecule has 17 heavy (non-hydrogen) atoms. The van der Waals surface area contributed by atoms with Crippen molar-refractivity contribution in [3.63, 3.8) is 0 Å². The molecule has 0 aromatic carbocycles. The van der Waals surface area contributed by atoms with Crippen molar-refractivity contribution < 1.29 is 5.11 Å². The first-order valence-electron chi connectivity index (χ1n) is 6.38. The third-order valence-corrected chi connectivity index (χ3v) is 2.90. The molecule has 0 aliphatic carbocycles. The van der Waals surface area contributed by atoms with Crippen LogP contribution in [0.3, 0.4) is 0 Å². The van der Waals surface area contributed by atoms with Crippen LogP contribution in [0.2, 0.25) is 0 Å². The van der Waals surface area contributed by atoms with Gasteiger partial charge in [-0.05, 0) is 36.5 Å². The molecule has 1 aromatic rings. The molecule has 0 bridgehead atoms. The number of aliphatic hydroxyl groups excluding tert-OH is 1. The van der Waals surface area contributed by atoms with E-state index in [2.05, 4.69) is 37.7 Å². The highest BCUT2D eigenvalue weighted by atomic mass is 16.3. The molecule has 0 spiro atoms. The average Bonchev–Trinajstić information content (AvgIpc) is 2.34. The van der Waals surface area contributed by atoms with E-state index < -0.39 is 0 Å². The molecule has 1 heterocycles. The fourth-order valence-corrected chi connectivity index (χ4v) is 1.67. The van der Waals surface area contributed by atoms with Crippen LogP contribution in [0, 0.1) is 5.92 Å². The largest absolute Gasteiger partial charge is 0.392 e. The molecule has 3 nitrogen and oxygen atoms in total. The molecule has 0 aliphatic heterocycles. The van der Waals surface area contributed by atoms with Crippen LogP contribution < -0.4 is 4.90 Å². The number of aromatic nitrogens is 1. The van der Waals surface area contributed by atoms with Crippen LogP contribution in [-0.2, 0) is 13.0 Å². The van der Waals surface area contributed by atoms with Gasteiger partial charge in [0.2, 0.25) is 0 Å². The summed E-state index contributed by atoms with van der Waals surface area (Å²) in [6.07, 6.45) is 2.06. The number of aryl methyl sites for hydroxylation is 1. The maximum Gasteiger partial charge on any atom is 0.128 e. The Morgan fingerprint density at radius 1 is 1.35 bits per heavy atom. The van der Waals surface area contributed by atoms with Crippen molar-refractivity contribution in [1.82, 2.24) is 4.98 Å². The maximum atomic E-state index is 9.24. The first-order valence-corrected chi connectivity index (χ1v) is 6.38. The molecule has 0 radical (unpaired) electrons. The molecular weight excluding hydrogens is 212 g/mol. The second-order valence-corrected chi connectivity index (χ2v) is 4.94. The van der Waals surface area contributed by atoms with Gasteiger partial charge in [0, 0.05) is 19.3 Å². The number of hydrogen-bond donors (Lipinski definition) is 1. The van der Waals surface area contributed by atoms with E-state index in [4.69, 9.17) is 0 Å². The number of aliphatic hydroxyl groups is 1. The monoisotopic (exact) mass is 236 g/mol. The molecule has 0 fully saturated rings. The molecule has 0 atom stereocenters. The lowest BCUT2D eigenvalue weighted by Gasteiger charge is -2.20. The number of hydrogen-bond acceptors (Lipinski definition) is 3. The fraction of sp³-hybridized carbons (Fsp3) is 0.643. The summed E-state index contributed by atoms with van der Waals surface area (Å²) in [4.78, 5) is 6.76. The van der Waals surface area contributed by atoms with Crippen molar-refractivity contribution in [2.45, 2.75) is 40.2 Å². The van der Waals surface area contributed by atoms with Crippen LogP contribution in [0.15, 0.2) is 12.1 Å². The SMILES string of the molecule is CCc1cc(CO)cc(N(C)CCC(C)C)n1. The van der Waals surface area contributed by atoms with Crippen molar-refractivity contribution in [2.24, 2.45) is 5.92 Å². The van der Waals surface area contributed by atoms with Gasteiger partial charge in [-0.2, -0.15) is 0 Å². The van der Waals surface area contributed by atoms with E-state index in [0.717, 1.165) is 36.5 Å². The minimum atomic E-state index is 0.0839. The summed E-state index contributed by atoms with van der Waals surface area (Å²) in [5.74, 6) is 1.66. The molecule has 0 saturated heterocycles. The number of pyridine rings is 1. The van der Waals surface area contributed by atoms with E-state index in [0.29, 0.717) is 5.92 Å². The Labute approximate surface area is 104 Å². The van der Waals surface area contributed by atoms with Crippen molar-refractivity contribution >= 4 is 5.82 Å². The smallest absolute Gasteiger partial charge is 0.128 e. The Bertz CT molecular complexity index is 328. The maximum absolute atomic E-state index is 9.24. The third-order valence-electron chi connectivity index (χ3n) is 2.90. The van der Waals surface area contributed by atoms with Gasteiger partial charge in [-0.3, -0.25) is 0 Å². The summed E-state index contributed by atoms with van der Waals surface area (Å²) in [6.45, 7) is 7.62. The van der Waals surface area contributed by atoms with Crippen LogP contribution in [0.1, 0.15) is 38.4 Å². The highest BCUT2D eigenvalue weighted by molar-refractivity contribution is 5.41. The molecule has 0 amide bonds. The van der Waals surface area contributed by atoms with Crippen LogP contribution in [0.4, 0.5) is 5.82 Å². The zero-order chi connectivity index (χ0) is 12.8. The fourth-order valence-electron chi connectivity index (χ4n) is 1.67. The summed E-state index contributed by atoms with van der Waals surface area (Å²) in [5, 5.41) is 9.24. The van der Waals surface area contributed by atoms with E-state index in [-0.39, 0.29) is 6.61 Å². The van der Waals surface area contributed by atoms with Crippen LogP contribution in [0.5, 0.6) is 0 Å². The second-order valence-electron chi connectivity index (χ2n) is 4.94. The van der Waals surface area contributed by atoms with Crippen molar-refractivity contribution in [3.05, 3.63) is 23.4 Å². The van der Waals surface area contributed by atoms with Gasteiger partial charge in [-0.15, -0.1) is 0 Å². The normalized spacial score (nSPS) is 10.9. The number of nitrogens with zero attached hydrogens (tertiary/aromatic N) is 2. The lowest BCUT2D eigenvalue weighted by atomic mass is 10.1. The zero-order valence-corrected chi connectivity index (χ0v) is 11.4. The van der Waals surface area contributed by atoms with E-state index >= 15 is 0 Å². The van der Waals surface area contributed by atoms with Gasteiger partial charge in [0.1, 0.15) is 5.82 Å². The summed E-state index contributed by atoms with van der Waals surface area (Å²) >= 11 is 0. The molecule has 0 aliphatic rings. The predicted octanol–water partition coefficient (Wildman–Crippen LogP) is 2.62. The highest BCUT2D eigenvalue weighted by Gasteiger charge is 2.06. The Morgan fingerprint density at radius 2 is 2.06 bits per heavy atom. The van der Waals surface area contributed by atoms with Gasteiger partial charge < -0.3 is 10.0 Å². The van der Waals surface area contributed by atoms with E-state index in [1.807, 2.05) is 12.1 Å². The van der Waals surface area contributed by atoms with Crippen LogP contribution in [-0.4, -0.2) is 23.7 Å². The van der Waals surface area contributed by atoms with Gasteiger partial charge in [-0.25, -0.2) is 4.98 Å². The molecule has 0 saturated carbocycles. The zero-order valence-electron chi connectivity index (χ0n) is 11.4. The molecule has 96 valence electrons. The van der Waals surface area contributed by atoms with Crippen LogP contribution in [0.25, 0.3) is 0 Å². The molecule has 1 N–H and O–H groups in total. The summed E-state index contributed by atoms with van der Waals surface area (Å²) in [6, 6.07) is 3.94. The Morgan fingerprint density at radius 3 is 2.59 bits per heavy atom. The van der Waals surface area contributed by atoms with E-state index in [1.54, 1.807) is 0 Å². The molecule has 0 unspecified atom stereocenters. The average molecular weight is 236 g/mol. The van der Waals surface area contributed by atoms with E-state index in [9.17, 15) is 5.11 Å². The summed E-state index contributed by atoms with van der Waals surface area (Å²) < 4.78 is 0. The van der Waals surface area contributed by atoms with E-state index in [1.165, 1.54) is 0 Å².